The van der Waals surface area contributed by atoms with Crippen molar-refractivity contribution in [3.8, 4) is 0 Å². The van der Waals surface area contributed by atoms with E-state index in [9.17, 15) is 4.79 Å². The van der Waals surface area contributed by atoms with Crippen LogP contribution in [0.5, 0.6) is 0 Å². The molecule has 0 atom stereocenters. The number of para-hydroxylation sites is 1. The Morgan fingerprint density at radius 2 is 1.55 bits per heavy atom. The lowest BCUT2D eigenvalue weighted by molar-refractivity contribution is 0.207. The molecule has 1 aliphatic heterocycles. The first kappa shape index (κ1) is 18.7. The molecule has 0 unspecified atom stereocenters. The van der Waals surface area contributed by atoms with Gasteiger partial charge in [0.1, 0.15) is 0 Å². The number of amides is 2. The monoisotopic (exact) mass is 384 g/mol. The molecule has 2 N–H and O–H groups in total. The smallest absolute Gasteiger partial charge is 0.349 e. The lowest BCUT2D eigenvalue weighted by Gasteiger charge is -2.26. The second-order valence-corrected chi connectivity index (χ2v) is 7.41. The van der Waals surface area contributed by atoms with Crippen molar-refractivity contribution in [3.05, 3.63) is 90.0 Å². The number of hydrogen-bond donors (Lipinski definition) is 1. The number of hydrazone groups is 1. The van der Waals surface area contributed by atoms with Gasteiger partial charge in [0.25, 0.3) is 0 Å². The van der Waals surface area contributed by atoms with Gasteiger partial charge in [-0.25, -0.2) is 9.80 Å². The number of benzene rings is 3. The van der Waals surface area contributed by atoms with E-state index in [2.05, 4.69) is 13.8 Å². The fourth-order valence-corrected chi connectivity index (χ4v) is 3.49. The molecule has 0 radical (unpaired) electrons. The van der Waals surface area contributed by atoms with Crippen molar-refractivity contribution in [2.45, 2.75) is 20.4 Å². The molecular formula is C24H24N4O. The fraction of sp³-hybridized carbons (Fsp3) is 0.167. The van der Waals surface area contributed by atoms with Crippen molar-refractivity contribution >= 4 is 28.8 Å². The number of anilines is 3. The standard InChI is InChI=1S/C24H24N4O/c1-17(2)23-21-10-6-7-11-22(21)28(20-14-12-19(25)13-15-20)24(29)27(26-23)16-18-8-4-3-5-9-18/h3-15,17H,16,25H2,1-2H3. The summed E-state index contributed by atoms with van der Waals surface area (Å²) >= 11 is 0. The van der Waals surface area contributed by atoms with Gasteiger partial charge in [-0.15, -0.1) is 0 Å². The number of carbonyl (C=O) groups is 1. The summed E-state index contributed by atoms with van der Waals surface area (Å²) in [4.78, 5) is 15.4. The van der Waals surface area contributed by atoms with Crippen LogP contribution in [-0.2, 0) is 6.54 Å². The zero-order valence-electron chi connectivity index (χ0n) is 16.6. The molecule has 2 amide bonds. The maximum absolute atomic E-state index is 13.7. The summed E-state index contributed by atoms with van der Waals surface area (Å²) in [6.07, 6.45) is 0. The minimum absolute atomic E-state index is 0.161. The number of carbonyl (C=O) groups excluding carboxylic acids is 1. The van der Waals surface area contributed by atoms with E-state index in [1.807, 2.05) is 78.9 Å². The van der Waals surface area contributed by atoms with Gasteiger partial charge in [0.05, 0.1) is 23.6 Å². The van der Waals surface area contributed by atoms with Gasteiger partial charge in [-0.2, -0.15) is 5.10 Å². The Bertz CT molecular complexity index is 1040. The van der Waals surface area contributed by atoms with Crippen LogP contribution in [0.15, 0.2) is 84.0 Å². The van der Waals surface area contributed by atoms with Crippen LogP contribution in [0.2, 0.25) is 0 Å². The second kappa shape index (κ2) is 7.80. The molecule has 1 aliphatic rings. The summed E-state index contributed by atoms with van der Waals surface area (Å²) in [5.74, 6) is 0.161. The molecule has 0 bridgehead atoms. The Labute approximate surface area is 171 Å². The van der Waals surface area contributed by atoms with Crippen molar-refractivity contribution in [1.29, 1.82) is 0 Å². The first-order valence-electron chi connectivity index (χ1n) is 9.73. The summed E-state index contributed by atoms with van der Waals surface area (Å²) < 4.78 is 0. The molecule has 5 nitrogen and oxygen atoms in total. The van der Waals surface area contributed by atoms with Gasteiger partial charge in [0, 0.05) is 11.3 Å². The van der Waals surface area contributed by atoms with E-state index in [-0.39, 0.29) is 11.9 Å². The molecule has 3 aromatic carbocycles. The molecule has 0 fully saturated rings. The first-order valence-corrected chi connectivity index (χ1v) is 9.73. The van der Waals surface area contributed by atoms with E-state index < -0.39 is 0 Å². The quantitative estimate of drug-likeness (QED) is 0.612. The van der Waals surface area contributed by atoms with Gasteiger partial charge in [-0.05, 0) is 41.8 Å². The minimum Gasteiger partial charge on any atom is -0.399 e. The molecule has 0 spiro atoms. The number of rotatable bonds is 4. The maximum atomic E-state index is 13.7. The van der Waals surface area contributed by atoms with Gasteiger partial charge >= 0.3 is 6.03 Å². The predicted molar refractivity (Wildman–Crippen MR) is 118 cm³/mol. The Hall–Kier alpha value is -3.60. The van der Waals surface area contributed by atoms with E-state index in [4.69, 9.17) is 10.8 Å². The van der Waals surface area contributed by atoms with Gasteiger partial charge in [0.15, 0.2) is 0 Å². The molecule has 146 valence electrons. The third kappa shape index (κ3) is 3.72. The van der Waals surface area contributed by atoms with E-state index in [1.165, 1.54) is 0 Å². The summed E-state index contributed by atoms with van der Waals surface area (Å²) in [5, 5.41) is 6.38. The number of fused-ring (bicyclic) bond motifs is 1. The third-order valence-corrected chi connectivity index (χ3v) is 4.93. The van der Waals surface area contributed by atoms with Crippen molar-refractivity contribution in [1.82, 2.24) is 5.01 Å². The molecule has 29 heavy (non-hydrogen) atoms. The number of urea groups is 1. The lowest BCUT2D eigenvalue weighted by Crippen LogP contribution is -2.36. The van der Waals surface area contributed by atoms with Crippen LogP contribution in [0, 0.1) is 5.92 Å². The molecular weight excluding hydrogens is 360 g/mol. The van der Waals surface area contributed by atoms with Gasteiger partial charge < -0.3 is 5.73 Å². The molecule has 5 heteroatoms. The van der Waals surface area contributed by atoms with Crippen LogP contribution in [0.25, 0.3) is 0 Å². The van der Waals surface area contributed by atoms with Crippen molar-refractivity contribution < 1.29 is 4.79 Å². The number of nitrogen functional groups attached to an aromatic ring is 1. The zero-order valence-corrected chi connectivity index (χ0v) is 16.6. The molecule has 0 aliphatic carbocycles. The fourth-order valence-electron chi connectivity index (χ4n) is 3.49. The Balaban J connectivity index is 1.87. The number of hydrogen-bond acceptors (Lipinski definition) is 3. The molecule has 1 heterocycles. The SMILES string of the molecule is CC(C)C1=NN(Cc2ccccc2)C(=O)N(c2ccc(N)cc2)c2ccccc21. The average molecular weight is 384 g/mol. The summed E-state index contributed by atoms with van der Waals surface area (Å²) in [5.41, 5.74) is 11.0. The van der Waals surface area contributed by atoms with Crippen LogP contribution < -0.4 is 10.6 Å². The van der Waals surface area contributed by atoms with E-state index in [0.717, 1.165) is 28.2 Å². The van der Waals surface area contributed by atoms with Crippen LogP contribution in [0.4, 0.5) is 21.9 Å². The van der Waals surface area contributed by atoms with Crippen molar-refractivity contribution in [2.24, 2.45) is 11.0 Å². The first-order chi connectivity index (χ1) is 14.0. The normalized spacial score (nSPS) is 13.9. The van der Waals surface area contributed by atoms with Crippen LogP contribution in [-0.4, -0.2) is 16.8 Å². The molecule has 4 rings (SSSR count). The summed E-state index contributed by atoms with van der Waals surface area (Å²) in [7, 11) is 0. The topological polar surface area (TPSA) is 61.9 Å². The van der Waals surface area contributed by atoms with Gasteiger partial charge in [-0.1, -0.05) is 62.4 Å². The Morgan fingerprint density at radius 3 is 2.24 bits per heavy atom. The predicted octanol–water partition coefficient (Wildman–Crippen LogP) is 5.40. The largest absolute Gasteiger partial charge is 0.399 e. The number of nitrogens with two attached hydrogens (primary N) is 1. The minimum atomic E-state index is -0.193. The van der Waals surface area contributed by atoms with Crippen LogP contribution in [0.1, 0.15) is 25.0 Å². The Morgan fingerprint density at radius 1 is 0.897 bits per heavy atom. The van der Waals surface area contributed by atoms with Crippen molar-refractivity contribution in [3.63, 3.8) is 0 Å². The van der Waals surface area contributed by atoms with Crippen LogP contribution in [0.3, 0.4) is 0 Å². The van der Waals surface area contributed by atoms with E-state index >= 15 is 0 Å². The average Bonchev–Trinajstić information content (AvgIpc) is 2.85. The summed E-state index contributed by atoms with van der Waals surface area (Å²) in [6.45, 7) is 4.59. The number of nitrogens with zero attached hydrogens (tertiary/aromatic N) is 3. The van der Waals surface area contributed by atoms with Crippen LogP contribution >= 0.6 is 0 Å². The molecule has 3 aromatic rings. The Kier molecular flexibility index (Phi) is 5.04. The van der Waals surface area contributed by atoms with Gasteiger partial charge in [0.2, 0.25) is 0 Å². The summed E-state index contributed by atoms with van der Waals surface area (Å²) in [6, 6.07) is 25.0. The zero-order chi connectivity index (χ0) is 20.4. The highest BCUT2D eigenvalue weighted by Crippen LogP contribution is 2.35. The van der Waals surface area contributed by atoms with Crippen molar-refractivity contribution in [2.75, 3.05) is 10.6 Å². The highest BCUT2D eigenvalue weighted by molar-refractivity contribution is 6.13. The second-order valence-electron chi connectivity index (χ2n) is 7.41. The third-order valence-electron chi connectivity index (χ3n) is 4.93. The van der Waals surface area contributed by atoms with E-state index in [1.54, 1.807) is 9.91 Å². The highest BCUT2D eigenvalue weighted by atomic mass is 16.2. The highest BCUT2D eigenvalue weighted by Gasteiger charge is 2.31. The molecule has 0 aromatic heterocycles. The molecule has 0 saturated carbocycles. The lowest BCUT2D eigenvalue weighted by atomic mass is 9.98. The maximum Gasteiger partial charge on any atom is 0.349 e. The van der Waals surface area contributed by atoms with E-state index in [0.29, 0.717) is 12.2 Å². The molecule has 0 saturated heterocycles. The van der Waals surface area contributed by atoms with Gasteiger partial charge in [-0.3, -0.25) is 4.90 Å².